The van der Waals surface area contributed by atoms with E-state index in [9.17, 15) is 9.18 Å². The van der Waals surface area contributed by atoms with Crippen molar-refractivity contribution in [3.8, 4) is 0 Å². The molecule has 0 bridgehead atoms. The van der Waals surface area contributed by atoms with E-state index in [2.05, 4.69) is 5.32 Å². The maximum absolute atomic E-state index is 13.3. The Morgan fingerprint density at radius 3 is 2.92 bits per heavy atom. The van der Waals surface area contributed by atoms with Gasteiger partial charge in [0.15, 0.2) is 0 Å². The molecule has 1 aromatic rings. The lowest BCUT2D eigenvalue weighted by Gasteiger charge is -2.02. The summed E-state index contributed by atoms with van der Waals surface area (Å²) in [4.78, 5) is 10.7. The number of amides is 1. The summed E-state index contributed by atoms with van der Waals surface area (Å²) in [6.45, 7) is -1.19. The van der Waals surface area contributed by atoms with E-state index in [0.717, 1.165) is 12.1 Å². The molecule has 1 rings (SSSR count). The summed E-state index contributed by atoms with van der Waals surface area (Å²) in [7, 11) is 0. The van der Waals surface area contributed by atoms with Crippen LogP contribution in [0.25, 0.3) is 0 Å². The smallest absolute Gasteiger partial charge is 0.221 e. The molecule has 1 aromatic carbocycles. The van der Waals surface area contributed by atoms with Gasteiger partial charge in [-0.2, -0.15) is 0 Å². The van der Waals surface area contributed by atoms with Gasteiger partial charge in [0.1, 0.15) is 5.82 Å². The van der Waals surface area contributed by atoms with Gasteiger partial charge in [-0.05, 0) is 24.5 Å². The van der Waals surface area contributed by atoms with Gasteiger partial charge < -0.3 is 5.32 Å². The molecule has 0 heterocycles. The highest BCUT2D eigenvalue weighted by molar-refractivity contribution is 5.88. The molecule has 0 aromatic heterocycles. The summed E-state index contributed by atoms with van der Waals surface area (Å²) in [6.07, 6.45) is 0. The molecule has 0 fully saturated rings. The summed E-state index contributed by atoms with van der Waals surface area (Å²) in [5.41, 5.74) is -0.107. The van der Waals surface area contributed by atoms with Crippen LogP contribution in [0.15, 0.2) is 18.2 Å². The van der Waals surface area contributed by atoms with Crippen molar-refractivity contribution in [2.45, 2.75) is 13.8 Å². The number of nitrogens with one attached hydrogen (secondary N) is 1. The number of hydrogen-bond donors (Lipinski definition) is 1. The minimum atomic E-state index is -2.47. The fourth-order valence-corrected chi connectivity index (χ4v) is 0.796. The minimum absolute atomic E-state index is 0.244. The van der Waals surface area contributed by atoms with E-state index in [1.165, 1.54) is 13.0 Å². The van der Waals surface area contributed by atoms with Crippen LogP contribution >= 0.6 is 0 Å². The Balaban J connectivity index is 3.04. The Labute approximate surface area is 74.6 Å². The van der Waals surface area contributed by atoms with Gasteiger partial charge in [-0.25, -0.2) is 4.39 Å². The standard InChI is InChI=1S/C9H10FNO/c1-6-3-4-8(5-9(6)10)11-7(2)12/h3-5H,1-2H3,(H,11,12)/i1D3. The van der Waals surface area contributed by atoms with Gasteiger partial charge in [-0.15, -0.1) is 0 Å². The lowest BCUT2D eigenvalue weighted by atomic mass is 10.2. The number of carbonyl (C=O) groups is 1. The Kier molecular flexibility index (Phi) is 1.48. The van der Waals surface area contributed by atoms with Crippen molar-refractivity contribution in [1.82, 2.24) is 0 Å². The molecule has 0 aliphatic rings. The molecule has 2 nitrogen and oxygen atoms in total. The number of rotatable bonds is 1. The third-order valence-electron chi connectivity index (χ3n) is 1.29. The largest absolute Gasteiger partial charge is 0.326 e. The average Bonchev–Trinajstić information content (AvgIpc) is 1.99. The van der Waals surface area contributed by atoms with E-state index < -0.39 is 12.7 Å². The average molecular weight is 170 g/mol. The van der Waals surface area contributed by atoms with E-state index in [0.29, 0.717) is 0 Å². The number of hydrogen-bond acceptors (Lipinski definition) is 1. The molecule has 0 saturated heterocycles. The van der Waals surface area contributed by atoms with Gasteiger partial charge in [-0.1, -0.05) is 6.07 Å². The molecule has 0 radical (unpaired) electrons. The van der Waals surface area contributed by atoms with Crippen molar-refractivity contribution >= 4 is 11.6 Å². The third-order valence-corrected chi connectivity index (χ3v) is 1.29. The summed E-state index contributed by atoms with van der Waals surface area (Å²) in [5.74, 6) is -1.18. The number of anilines is 1. The van der Waals surface area contributed by atoms with Crippen molar-refractivity contribution in [2.24, 2.45) is 0 Å². The van der Waals surface area contributed by atoms with Crippen molar-refractivity contribution in [3.63, 3.8) is 0 Å². The number of aryl methyl sites for hydroxylation is 1. The second kappa shape index (κ2) is 3.34. The topological polar surface area (TPSA) is 29.1 Å². The first kappa shape index (κ1) is 5.30. The SMILES string of the molecule is [2H]C([2H])([2H])c1ccc(NC(C)=O)cc1F. The van der Waals surface area contributed by atoms with Crippen LogP contribution in [0, 0.1) is 12.7 Å². The molecular weight excluding hydrogens is 157 g/mol. The fraction of sp³-hybridized carbons (Fsp3) is 0.222. The van der Waals surface area contributed by atoms with Crippen molar-refractivity contribution in [2.75, 3.05) is 5.32 Å². The van der Waals surface area contributed by atoms with Crippen LogP contribution in [0.5, 0.6) is 0 Å². The summed E-state index contributed by atoms with van der Waals surface area (Å²) in [6, 6.07) is 3.49. The van der Waals surface area contributed by atoms with Crippen molar-refractivity contribution in [1.29, 1.82) is 0 Å². The molecule has 1 amide bonds. The second-order valence-electron chi connectivity index (χ2n) is 2.38. The van der Waals surface area contributed by atoms with Crippen LogP contribution in [0.4, 0.5) is 10.1 Å². The Bertz CT molecular complexity index is 389. The van der Waals surface area contributed by atoms with E-state index >= 15 is 0 Å². The monoisotopic (exact) mass is 170 g/mol. The highest BCUT2D eigenvalue weighted by Crippen LogP contribution is 2.12. The molecular formula is C9H10FNO. The number of benzene rings is 1. The van der Waals surface area contributed by atoms with Crippen LogP contribution in [0.2, 0.25) is 0 Å². The first-order chi connectivity index (χ1) is 6.80. The molecule has 3 heteroatoms. The molecule has 0 aliphatic carbocycles. The molecule has 64 valence electrons. The van der Waals surface area contributed by atoms with Crippen LogP contribution in [-0.4, -0.2) is 5.91 Å². The van der Waals surface area contributed by atoms with Crippen molar-refractivity contribution < 1.29 is 13.3 Å². The van der Waals surface area contributed by atoms with Crippen molar-refractivity contribution in [3.05, 3.63) is 29.6 Å². The lowest BCUT2D eigenvalue weighted by molar-refractivity contribution is -0.114. The van der Waals surface area contributed by atoms with Gasteiger partial charge in [0.2, 0.25) is 5.91 Å². The van der Waals surface area contributed by atoms with E-state index in [4.69, 9.17) is 4.11 Å². The van der Waals surface area contributed by atoms with Gasteiger partial charge in [0.25, 0.3) is 0 Å². The van der Waals surface area contributed by atoms with Crippen LogP contribution in [-0.2, 0) is 4.79 Å². The fourth-order valence-electron chi connectivity index (χ4n) is 0.796. The van der Waals surface area contributed by atoms with Gasteiger partial charge >= 0.3 is 0 Å². The Morgan fingerprint density at radius 1 is 1.67 bits per heavy atom. The molecule has 0 unspecified atom stereocenters. The van der Waals surface area contributed by atoms with E-state index in [1.807, 2.05) is 0 Å². The zero-order valence-corrected chi connectivity index (χ0v) is 6.52. The molecule has 1 N–H and O–H groups in total. The second-order valence-corrected chi connectivity index (χ2v) is 2.38. The first-order valence-electron chi connectivity index (χ1n) is 4.88. The highest BCUT2D eigenvalue weighted by atomic mass is 19.1. The summed E-state index contributed by atoms with van der Waals surface area (Å²) < 4.78 is 34.4. The quantitative estimate of drug-likeness (QED) is 0.687. The normalized spacial score (nSPS) is 14.3. The molecule has 12 heavy (non-hydrogen) atoms. The maximum atomic E-state index is 13.3. The lowest BCUT2D eigenvalue weighted by Crippen LogP contribution is -2.05. The summed E-state index contributed by atoms with van der Waals surface area (Å²) in [5, 5.41) is 2.36. The van der Waals surface area contributed by atoms with E-state index in [-0.39, 0.29) is 17.2 Å². The van der Waals surface area contributed by atoms with Gasteiger partial charge in [0.05, 0.1) is 0 Å². The Morgan fingerprint density at radius 2 is 2.42 bits per heavy atom. The number of halogens is 1. The van der Waals surface area contributed by atoms with Crippen LogP contribution in [0.1, 0.15) is 16.6 Å². The first-order valence-corrected chi connectivity index (χ1v) is 3.38. The highest BCUT2D eigenvalue weighted by Gasteiger charge is 1.99. The predicted octanol–water partition coefficient (Wildman–Crippen LogP) is 2.09. The Hall–Kier alpha value is -1.38. The third kappa shape index (κ3) is 2.05. The van der Waals surface area contributed by atoms with E-state index in [1.54, 1.807) is 0 Å². The number of carbonyl (C=O) groups excluding carboxylic acids is 1. The molecule has 0 saturated carbocycles. The summed E-state index contributed by atoms with van der Waals surface area (Å²) >= 11 is 0. The van der Waals surface area contributed by atoms with Gasteiger partial charge in [0, 0.05) is 16.7 Å². The predicted molar refractivity (Wildman–Crippen MR) is 45.4 cm³/mol. The molecule has 0 aliphatic heterocycles. The maximum Gasteiger partial charge on any atom is 0.221 e. The van der Waals surface area contributed by atoms with Crippen LogP contribution < -0.4 is 5.32 Å². The molecule has 0 spiro atoms. The zero-order valence-electron chi connectivity index (χ0n) is 9.52. The molecule has 0 atom stereocenters. The zero-order chi connectivity index (χ0) is 11.6. The van der Waals surface area contributed by atoms with Gasteiger partial charge in [-0.3, -0.25) is 4.79 Å². The van der Waals surface area contributed by atoms with Crippen LogP contribution in [0.3, 0.4) is 0 Å². The minimum Gasteiger partial charge on any atom is -0.326 e.